The topological polar surface area (TPSA) is 87.3 Å². The van der Waals surface area contributed by atoms with Gasteiger partial charge in [0.15, 0.2) is 0 Å². The lowest BCUT2D eigenvalue weighted by atomic mass is 10.1. The summed E-state index contributed by atoms with van der Waals surface area (Å²) in [5.41, 5.74) is 2.32. The minimum Gasteiger partial charge on any atom is -0.495 e. The first-order valence-corrected chi connectivity index (χ1v) is 7.33. The van der Waals surface area contributed by atoms with Gasteiger partial charge >= 0.3 is 0 Å². The number of hydrogen-bond acceptors (Lipinski definition) is 4. The van der Waals surface area contributed by atoms with Crippen molar-refractivity contribution in [1.82, 2.24) is 10.2 Å². The third-order valence-electron chi connectivity index (χ3n) is 3.89. The predicted octanol–water partition coefficient (Wildman–Crippen LogP) is 1.72. The van der Waals surface area contributed by atoms with Crippen LogP contribution in [0.25, 0.3) is 0 Å². The van der Waals surface area contributed by atoms with E-state index in [0.717, 1.165) is 5.56 Å². The zero-order chi connectivity index (χ0) is 16.4. The summed E-state index contributed by atoms with van der Waals surface area (Å²) in [7, 11) is 1.57. The Balaban J connectivity index is 1.77. The molecule has 1 aliphatic heterocycles. The number of carbonyl (C=O) groups is 2. The van der Waals surface area contributed by atoms with Crippen LogP contribution in [0.1, 0.15) is 12.0 Å². The molecule has 0 aliphatic carbocycles. The number of nitrogens with zero attached hydrogens (tertiary/aromatic N) is 2. The van der Waals surface area contributed by atoms with E-state index in [9.17, 15) is 9.59 Å². The number of anilines is 2. The van der Waals surface area contributed by atoms with E-state index in [1.54, 1.807) is 18.2 Å². The minimum absolute atomic E-state index is 0.0822. The number of carbonyl (C=O) groups excluding carboxylic acids is 2. The van der Waals surface area contributed by atoms with Gasteiger partial charge in [-0.2, -0.15) is 5.10 Å². The molecule has 2 aromatic rings. The van der Waals surface area contributed by atoms with Gasteiger partial charge in [-0.3, -0.25) is 14.7 Å². The fourth-order valence-corrected chi connectivity index (χ4v) is 2.69. The Morgan fingerprint density at radius 1 is 1.48 bits per heavy atom. The molecule has 1 aliphatic rings. The highest BCUT2D eigenvalue weighted by Gasteiger charge is 2.36. The van der Waals surface area contributed by atoms with Gasteiger partial charge in [0, 0.05) is 19.2 Å². The van der Waals surface area contributed by atoms with Crippen molar-refractivity contribution in [2.45, 2.75) is 13.3 Å². The van der Waals surface area contributed by atoms with Gasteiger partial charge in [-0.25, -0.2) is 0 Å². The van der Waals surface area contributed by atoms with Crippen molar-refractivity contribution in [2.24, 2.45) is 5.92 Å². The summed E-state index contributed by atoms with van der Waals surface area (Å²) in [5.74, 6) is -0.0439. The van der Waals surface area contributed by atoms with E-state index in [-0.39, 0.29) is 18.2 Å². The third kappa shape index (κ3) is 3.03. The maximum atomic E-state index is 12.3. The molecule has 0 radical (unpaired) electrons. The number of H-pyrrole nitrogens is 1. The molecule has 2 heterocycles. The van der Waals surface area contributed by atoms with Crippen LogP contribution in [0.5, 0.6) is 5.75 Å². The largest absolute Gasteiger partial charge is 0.495 e. The van der Waals surface area contributed by atoms with Crippen molar-refractivity contribution in [2.75, 3.05) is 23.9 Å². The first kappa shape index (κ1) is 15.1. The second kappa shape index (κ2) is 6.12. The van der Waals surface area contributed by atoms with Crippen LogP contribution in [0.4, 0.5) is 11.4 Å². The molecule has 3 rings (SSSR count). The predicted molar refractivity (Wildman–Crippen MR) is 85.4 cm³/mol. The highest BCUT2D eigenvalue weighted by molar-refractivity contribution is 6.04. The van der Waals surface area contributed by atoms with Gasteiger partial charge in [0.25, 0.3) is 0 Å². The summed E-state index contributed by atoms with van der Waals surface area (Å²) < 4.78 is 5.34. The second-order valence-corrected chi connectivity index (χ2v) is 5.56. The smallest absolute Gasteiger partial charge is 0.229 e. The Morgan fingerprint density at radius 2 is 2.30 bits per heavy atom. The van der Waals surface area contributed by atoms with E-state index in [1.807, 2.05) is 25.1 Å². The van der Waals surface area contributed by atoms with Gasteiger partial charge in [0.1, 0.15) is 5.75 Å². The summed E-state index contributed by atoms with van der Waals surface area (Å²) in [6.45, 7) is 2.29. The van der Waals surface area contributed by atoms with Crippen molar-refractivity contribution in [1.29, 1.82) is 0 Å². The van der Waals surface area contributed by atoms with Crippen molar-refractivity contribution >= 4 is 23.2 Å². The maximum Gasteiger partial charge on any atom is 0.229 e. The molecule has 1 fully saturated rings. The van der Waals surface area contributed by atoms with Crippen molar-refractivity contribution in [3.63, 3.8) is 0 Å². The van der Waals surface area contributed by atoms with Gasteiger partial charge in [0.05, 0.1) is 30.6 Å². The number of aryl methyl sites for hydroxylation is 1. The zero-order valence-corrected chi connectivity index (χ0v) is 13.0. The first-order chi connectivity index (χ1) is 11.1. The SMILES string of the molecule is COc1ccc(C)cc1N1CC(C(=O)Nc2cn[nH]c2)CC1=O. The Morgan fingerprint density at radius 3 is 3.00 bits per heavy atom. The van der Waals surface area contributed by atoms with Crippen molar-refractivity contribution in [3.8, 4) is 5.75 Å². The number of methoxy groups -OCH3 is 1. The zero-order valence-electron chi connectivity index (χ0n) is 13.0. The standard InChI is InChI=1S/C16H18N4O3/c1-10-3-4-14(23-2)13(5-10)20-9-11(6-15(20)21)16(22)19-12-7-17-18-8-12/h3-5,7-8,11H,6,9H2,1-2H3,(H,17,18)(H,19,22). The molecule has 7 nitrogen and oxygen atoms in total. The monoisotopic (exact) mass is 314 g/mol. The molecule has 120 valence electrons. The molecular formula is C16H18N4O3. The van der Waals surface area contributed by atoms with Gasteiger partial charge < -0.3 is 15.0 Å². The molecule has 23 heavy (non-hydrogen) atoms. The summed E-state index contributed by atoms with van der Waals surface area (Å²) in [6.07, 6.45) is 3.30. The van der Waals surface area contributed by atoms with Crippen LogP contribution < -0.4 is 15.0 Å². The molecule has 7 heteroatoms. The lowest BCUT2D eigenvalue weighted by Gasteiger charge is -2.20. The third-order valence-corrected chi connectivity index (χ3v) is 3.89. The van der Waals surface area contributed by atoms with Crippen molar-refractivity contribution in [3.05, 3.63) is 36.2 Å². The van der Waals surface area contributed by atoms with Gasteiger partial charge in [-0.1, -0.05) is 6.07 Å². The van der Waals surface area contributed by atoms with E-state index in [0.29, 0.717) is 23.7 Å². The summed E-state index contributed by atoms with van der Waals surface area (Å²) in [4.78, 5) is 26.3. The second-order valence-electron chi connectivity index (χ2n) is 5.56. The molecule has 1 atom stereocenters. The highest BCUT2D eigenvalue weighted by atomic mass is 16.5. The lowest BCUT2D eigenvalue weighted by Crippen LogP contribution is -2.28. The number of ether oxygens (including phenoxy) is 1. The fraction of sp³-hybridized carbons (Fsp3) is 0.312. The number of aromatic nitrogens is 2. The molecule has 1 unspecified atom stereocenters. The Bertz CT molecular complexity index is 727. The molecule has 1 aromatic heterocycles. The van der Waals surface area contributed by atoms with Gasteiger partial charge in [0.2, 0.25) is 11.8 Å². The molecule has 0 bridgehead atoms. The number of benzene rings is 1. The molecule has 0 saturated carbocycles. The first-order valence-electron chi connectivity index (χ1n) is 7.33. The van der Waals surface area contributed by atoms with E-state index < -0.39 is 5.92 Å². The Hall–Kier alpha value is -2.83. The summed E-state index contributed by atoms with van der Waals surface area (Å²) in [6, 6.07) is 5.65. The number of hydrogen-bond donors (Lipinski definition) is 2. The van der Waals surface area contributed by atoms with E-state index >= 15 is 0 Å². The molecule has 2 N–H and O–H groups in total. The Kier molecular flexibility index (Phi) is 4.01. The van der Waals surface area contributed by atoms with E-state index in [1.165, 1.54) is 6.20 Å². The average Bonchev–Trinajstić information content (AvgIpc) is 3.16. The van der Waals surface area contributed by atoms with E-state index in [2.05, 4.69) is 15.5 Å². The molecule has 1 aromatic carbocycles. The van der Waals surface area contributed by atoms with Crippen molar-refractivity contribution < 1.29 is 14.3 Å². The van der Waals surface area contributed by atoms with Crippen LogP contribution in [-0.4, -0.2) is 35.7 Å². The molecular weight excluding hydrogens is 296 g/mol. The fourth-order valence-electron chi connectivity index (χ4n) is 2.69. The Labute approximate surface area is 133 Å². The number of nitrogens with one attached hydrogen (secondary N) is 2. The highest BCUT2D eigenvalue weighted by Crippen LogP contribution is 2.34. The summed E-state index contributed by atoms with van der Waals surface area (Å²) in [5, 5.41) is 9.16. The lowest BCUT2D eigenvalue weighted by molar-refractivity contribution is -0.122. The summed E-state index contributed by atoms with van der Waals surface area (Å²) >= 11 is 0. The molecule has 2 amide bonds. The number of amides is 2. The van der Waals surface area contributed by atoms with Crippen LogP contribution in [0.3, 0.4) is 0 Å². The van der Waals surface area contributed by atoms with Gasteiger partial charge in [-0.15, -0.1) is 0 Å². The van der Waals surface area contributed by atoms with Crippen LogP contribution in [-0.2, 0) is 9.59 Å². The van der Waals surface area contributed by atoms with Crippen LogP contribution in [0, 0.1) is 12.8 Å². The van der Waals surface area contributed by atoms with E-state index in [4.69, 9.17) is 4.74 Å². The average molecular weight is 314 g/mol. The maximum absolute atomic E-state index is 12.3. The molecule has 1 saturated heterocycles. The normalized spacial score (nSPS) is 17.4. The number of rotatable bonds is 4. The van der Waals surface area contributed by atoms with Crippen LogP contribution in [0.15, 0.2) is 30.6 Å². The van der Waals surface area contributed by atoms with Crippen LogP contribution in [0.2, 0.25) is 0 Å². The van der Waals surface area contributed by atoms with Crippen LogP contribution >= 0.6 is 0 Å². The quantitative estimate of drug-likeness (QED) is 0.899. The minimum atomic E-state index is -0.400. The molecule has 0 spiro atoms. The number of aromatic amines is 1. The van der Waals surface area contributed by atoms with Gasteiger partial charge in [-0.05, 0) is 24.6 Å².